The maximum atomic E-state index is 10.5. The third kappa shape index (κ3) is 3.32. The van der Waals surface area contributed by atoms with Crippen LogP contribution in [0.25, 0.3) is 0 Å². The number of aryl methyl sites for hydroxylation is 2. The fraction of sp³-hybridized carbons (Fsp3) is 0.571. The van der Waals surface area contributed by atoms with Crippen molar-refractivity contribution in [2.24, 2.45) is 0 Å². The number of rotatable bonds is 5. The first-order valence-corrected chi connectivity index (χ1v) is 5.76. The van der Waals surface area contributed by atoms with E-state index in [0.29, 0.717) is 6.61 Å². The molecule has 2 nitrogen and oxygen atoms in total. The molecule has 0 amide bonds. The van der Waals surface area contributed by atoms with Crippen molar-refractivity contribution in [2.75, 3.05) is 13.7 Å². The highest BCUT2D eigenvalue weighted by Gasteiger charge is 2.24. The molecule has 0 aromatic heterocycles. The van der Waals surface area contributed by atoms with Crippen LogP contribution < -0.4 is 0 Å². The van der Waals surface area contributed by atoms with E-state index in [-0.39, 0.29) is 0 Å². The molecule has 0 aliphatic carbocycles. The molecule has 0 heterocycles. The first kappa shape index (κ1) is 13.2. The minimum Gasteiger partial charge on any atom is -0.385 e. The summed E-state index contributed by atoms with van der Waals surface area (Å²) in [6.45, 7) is 6.67. The second kappa shape index (κ2) is 5.46. The molecular weight excluding hydrogens is 200 g/mol. The van der Waals surface area contributed by atoms with Gasteiger partial charge < -0.3 is 9.84 Å². The number of aliphatic hydroxyl groups is 1. The zero-order valence-corrected chi connectivity index (χ0v) is 10.7. The third-order valence-corrected chi connectivity index (χ3v) is 2.99. The Balaban J connectivity index is 2.83. The van der Waals surface area contributed by atoms with Gasteiger partial charge in [-0.05, 0) is 44.7 Å². The Kier molecular flexibility index (Phi) is 4.51. The van der Waals surface area contributed by atoms with Crippen molar-refractivity contribution in [1.29, 1.82) is 0 Å². The Bertz CT molecular complexity index is 343. The molecule has 0 saturated carbocycles. The second-order valence-electron chi connectivity index (χ2n) is 4.69. The number of methoxy groups -OCH3 is 1. The summed E-state index contributed by atoms with van der Waals surface area (Å²) in [6, 6.07) is 6.21. The molecular formula is C14H22O2. The van der Waals surface area contributed by atoms with Gasteiger partial charge in [-0.25, -0.2) is 0 Å². The molecule has 0 fully saturated rings. The monoisotopic (exact) mass is 222 g/mol. The Morgan fingerprint density at radius 2 is 2.00 bits per heavy atom. The lowest BCUT2D eigenvalue weighted by Gasteiger charge is -2.26. The average Bonchev–Trinajstić information content (AvgIpc) is 2.22. The van der Waals surface area contributed by atoms with Crippen LogP contribution in [0.5, 0.6) is 0 Å². The quantitative estimate of drug-likeness (QED) is 0.776. The van der Waals surface area contributed by atoms with Gasteiger partial charge in [0.2, 0.25) is 0 Å². The molecule has 1 aromatic carbocycles. The van der Waals surface area contributed by atoms with Gasteiger partial charge in [0, 0.05) is 13.7 Å². The van der Waals surface area contributed by atoms with Crippen LogP contribution in [0.4, 0.5) is 0 Å². The van der Waals surface area contributed by atoms with E-state index in [0.717, 1.165) is 24.0 Å². The Morgan fingerprint density at radius 3 is 2.62 bits per heavy atom. The van der Waals surface area contributed by atoms with Gasteiger partial charge in [-0.3, -0.25) is 0 Å². The number of hydrogen-bond acceptors (Lipinski definition) is 2. The van der Waals surface area contributed by atoms with Gasteiger partial charge in [-0.1, -0.05) is 23.8 Å². The fourth-order valence-electron chi connectivity index (χ4n) is 2.01. The van der Waals surface area contributed by atoms with Gasteiger partial charge in [-0.2, -0.15) is 0 Å². The SMILES string of the molecule is COCCCC(C)(O)c1cc(C)ccc1C. The topological polar surface area (TPSA) is 29.5 Å². The van der Waals surface area contributed by atoms with E-state index in [1.807, 2.05) is 20.8 Å². The van der Waals surface area contributed by atoms with Crippen LogP contribution in [0.15, 0.2) is 18.2 Å². The highest BCUT2D eigenvalue weighted by molar-refractivity contribution is 5.34. The summed E-state index contributed by atoms with van der Waals surface area (Å²) in [5.41, 5.74) is 2.61. The summed E-state index contributed by atoms with van der Waals surface area (Å²) in [7, 11) is 1.69. The number of ether oxygens (including phenoxy) is 1. The lowest BCUT2D eigenvalue weighted by molar-refractivity contribution is 0.0366. The van der Waals surface area contributed by atoms with Crippen LogP contribution in [0.1, 0.15) is 36.5 Å². The second-order valence-corrected chi connectivity index (χ2v) is 4.69. The normalized spacial score (nSPS) is 14.8. The van der Waals surface area contributed by atoms with Crippen molar-refractivity contribution in [3.8, 4) is 0 Å². The summed E-state index contributed by atoms with van der Waals surface area (Å²) in [5, 5.41) is 10.5. The van der Waals surface area contributed by atoms with Crippen LogP contribution in [-0.2, 0) is 10.3 Å². The maximum Gasteiger partial charge on any atom is 0.0872 e. The summed E-state index contributed by atoms with van der Waals surface area (Å²) in [4.78, 5) is 0. The van der Waals surface area contributed by atoms with Crippen molar-refractivity contribution < 1.29 is 9.84 Å². The number of hydrogen-bond donors (Lipinski definition) is 1. The van der Waals surface area contributed by atoms with E-state index < -0.39 is 5.60 Å². The smallest absolute Gasteiger partial charge is 0.0872 e. The van der Waals surface area contributed by atoms with Gasteiger partial charge >= 0.3 is 0 Å². The maximum absolute atomic E-state index is 10.5. The molecule has 0 spiro atoms. The van der Waals surface area contributed by atoms with Crippen molar-refractivity contribution in [3.05, 3.63) is 34.9 Å². The zero-order valence-electron chi connectivity index (χ0n) is 10.7. The highest BCUT2D eigenvalue weighted by Crippen LogP contribution is 2.29. The van der Waals surface area contributed by atoms with Crippen molar-refractivity contribution in [1.82, 2.24) is 0 Å². The van der Waals surface area contributed by atoms with Gasteiger partial charge in [-0.15, -0.1) is 0 Å². The highest BCUT2D eigenvalue weighted by atomic mass is 16.5. The average molecular weight is 222 g/mol. The summed E-state index contributed by atoms with van der Waals surface area (Å²) in [6.07, 6.45) is 1.60. The molecule has 90 valence electrons. The predicted octanol–water partition coefficient (Wildman–Crippen LogP) is 2.94. The van der Waals surface area contributed by atoms with Gasteiger partial charge in [0.1, 0.15) is 0 Å². The molecule has 0 saturated heterocycles. The minimum absolute atomic E-state index is 0.695. The van der Waals surface area contributed by atoms with Crippen LogP contribution in [-0.4, -0.2) is 18.8 Å². The summed E-state index contributed by atoms with van der Waals surface area (Å²) >= 11 is 0. The summed E-state index contributed by atoms with van der Waals surface area (Å²) in [5.74, 6) is 0. The van der Waals surface area contributed by atoms with Crippen LogP contribution >= 0.6 is 0 Å². The van der Waals surface area contributed by atoms with Crippen LogP contribution in [0, 0.1) is 13.8 Å². The van der Waals surface area contributed by atoms with E-state index in [2.05, 4.69) is 18.2 Å². The van der Waals surface area contributed by atoms with Crippen molar-refractivity contribution in [3.63, 3.8) is 0 Å². The molecule has 1 unspecified atom stereocenters. The zero-order chi connectivity index (χ0) is 12.2. The van der Waals surface area contributed by atoms with E-state index in [1.165, 1.54) is 5.56 Å². The first-order valence-electron chi connectivity index (χ1n) is 5.76. The third-order valence-electron chi connectivity index (χ3n) is 2.99. The standard InChI is InChI=1S/C14H22O2/c1-11-6-7-12(2)13(10-11)14(3,15)8-5-9-16-4/h6-7,10,15H,5,8-9H2,1-4H3. The van der Waals surface area contributed by atoms with E-state index in [1.54, 1.807) is 7.11 Å². The molecule has 1 N–H and O–H groups in total. The number of benzene rings is 1. The van der Waals surface area contributed by atoms with Crippen molar-refractivity contribution in [2.45, 2.75) is 39.2 Å². The predicted molar refractivity (Wildman–Crippen MR) is 66.6 cm³/mol. The first-order chi connectivity index (χ1) is 7.47. The van der Waals surface area contributed by atoms with Crippen LogP contribution in [0.2, 0.25) is 0 Å². The Morgan fingerprint density at radius 1 is 1.31 bits per heavy atom. The molecule has 0 bridgehead atoms. The Hall–Kier alpha value is -0.860. The lowest BCUT2D eigenvalue weighted by atomic mass is 9.87. The van der Waals surface area contributed by atoms with Gasteiger partial charge in [0.15, 0.2) is 0 Å². The van der Waals surface area contributed by atoms with E-state index >= 15 is 0 Å². The van der Waals surface area contributed by atoms with Crippen LogP contribution in [0.3, 0.4) is 0 Å². The molecule has 2 heteroatoms. The molecule has 0 aliphatic rings. The van der Waals surface area contributed by atoms with E-state index in [9.17, 15) is 5.11 Å². The summed E-state index contributed by atoms with van der Waals surface area (Å²) < 4.78 is 5.02. The molecule has 1 atom stereocenters. The minimum atomic E-state index is -0.755. The molecule has 16 heavy (non-hydrogen) atoms. The lowest BCUT2D eigenvalue weighted by Crippen LogP contribution is -2.23. The van der Waals surface area contributed by atoms with Gasteiger partial charge in [0.25, 0.3) is 0 Å². The van der Waals surface area contributed by atoms with Crippen molar-refractivity contribution >= 4 is 0 Å². The van der Waals surface area contributed by atoms with Gasteiger partial charge in [0.05, 0.1) is 5.60 Å². The molecule has 1 aromatic rings. The van der Waals surface area contributed by atoms with E-state index in [4.69, 9.17) is 4.74 Å². The molecule has 0 radical (unpaired) electrons. The molecule has 0 aliphatic heterocycles. The Labute approximate surface area is 98.3 Å². The fourth-order valence-corrected chi connectivity index (χ4v) is 2.01. The molecule has 1 rings (SSSR count). The largest absolute Gasteiger partial charge is 0.385 e.